The lowest BCUT2D eigenvalue weighted by molar-refractivity contribution is -0.118. The van der Waals surface area contributed by atoms with Gasteiger partial charge >= 0.3 is 0 Å². The van der Waals surface area contributed by atoms with Crippen molar-refractivity contribution in [2.75, 3.05) is 0 Å². The Labute approximate surface area is 169 Å². The minimum atomic E-state index is -0.197. The number of primary amides is 1. The minimum absolute atomic E-state index is 0.0262. The Balaban J connectivity index is 1.91. The highest BCUT2D eigenvalue weighted by Gasteiger charge is 2.19. The van der Waals surface area contributed by atoms with Crippen LogP contribution < -0.4 is 10.5 Å². The van der Waals surface area contributed by atoms with Gasteiger partial charge in [0.25, 0.3) is 0 Å². The van der Waals surface area contributed by atoms with E-state index in [1.54, 1.807) is 6.20 Å². The van der Waals surface area contributed by atoms with Gasteiger partial charge in [0, 0.05) is 12.6 Å². The molecule has 0 atom stereocenters. The van der Waals surface area contributed by atoms with Crippen LogP contribution in [0.5, 0.6) is 5.75 Å². The van der Waals surface area contributed by atoms with Crippen molar-refractivity contribution in [3.05, 3.63) is 59.4 Å². The Kier molecular flexibility index (Phi) is 8.49. The molecule has 1 aromatic carbocycles. The first-order valence-electron chi connectivity index (χ1n) is 10.3. The van der Waals surface area contributed by atoms with E-state index in [1.165, 1.54) is 17.5 Å². The van der Waals surface area contributed by atoms with E-state index >= 15 is 0 Å². The van der Waals surface area contributed by atoms with Gasteiger partial charge in [-0.05, 0) is 54.0 Å². The quantitative estimate of drug-likeness (QED) is 0.534. The van der Waals surface area contributed by atoms with Gasteiger partial charge in [-0.1, -0.05) is 58.2 Å². The molecule has 2 N–H and O–H groups in total. The number of rotatable bonds is 11. The number of aryl methyl sites for hydroxylation is 1. The number of ether oxygens (including phenoxy) is 1. The van der Waals surface area contributed by atoms with Crippen molar-refractivity contribution in [1.29, 1.82) is 0 Å². The molecule has 0 saturated heterocycles. The molecule has 0 unspecified atom stereocenters. The lowest BCUT2D eigenvalue weighted by Gasteiger charge is -2.23. The number of hydrogen-bond donors (Lipinski definition) is 1. The molecule has 152 valence electrons. The molecule has 0 aliphatic rings. The lowest BCUT2D eigenvalue weighted by atomic mass is 9.85. The van der Waals surface area contributed by atoms with E-state index < -0.39 is 0 Å². The van der Waals surface area contributed by atoms with Crippen LogP contribution in [0.1, 0.15) is 76.1 Å². The zero-order chi connectivity index (χ0) is 20.4. The molecule has 4 heteroatoms. The summed E-state index contributed by atoms with van der Waals surface area (Å²) in [6.45, 7) is 7.11. The van der Waals surface area contributed by atoms with Gasteiger partial charge in [0.1, 0.15) is 12.4 Å². The van der Waals surface area contributed by atoms with Gasteiger partial charge in [-0.3, -0.25) is 9.78 Å². The summed E-state index contributed by atoms with van der Waals surface area (Å²) in [7, 11) is 0. The van der Waals surface area contributed by atoms with Crippen molar-refractivity contribution in [1.82, 2.24) is 4.98 Å². The Morgan fingerprint density at radius 1 is 1.04 bits per heavy atom. The fraction of sp³-hybridized carbons (Fsp3) is 0.500. The van der Waals surface area contributed by atoms with Crippen LogP contribution in [0.3, 0.4) is 0 Å². The topological polar surface area (TPSA) is 65.2 Å². The minimum Gasteiger partial charge on any atom is -0.487 e. The number of amides is 1. The molecule has 0 bridgehead atoms. The van der Waals surface area contributed by atoms with Crippen molar-refractivity contribution in [2.45, 2.75) is 77.7 Å². The Hall–Kier alpha value is -2.36. The third kappa shape index (κ3) is 7.71. The zero-order valence-corrected chi connectivity index (χ0v) is 17.5. The molecule has 1 aromatic heterocycles. The van der Waals surface area contributed by atoms with Crippen LogP contribution in [0.4, 0.5) is 0 Å². The fourth-order valence-corrected chi connectivity index (χ4v) is 3.26. The van der Waals surface area contributed by atoms with Gasteiger partial charge in [-0.2, -0.15) is 0 Å². The molecule has 28 heavy (non-hydrogen) atoms. The summed E-state index contributed by atoms with van der Waals surface area (Å²) in [6, 6.07) is 12.5. The molecular formula is C24H34N2O2. The zero-order valence-electron chi connectivity index (χ0n) is 17.5. The van der Waals surface area contributed by atoms with Gasteiger partial charge in [0.05, 0.1) is 5.69 Å². The molecule has 0 aliphatic heterocycles. The molecule has 2 rings (SSSR count). The average Bonchev–Trinajstić information content (AvgIpc) is 2.65. The monoisotopic (exact) mass is 382 g/mol. The first-order chi connectivity index (χ1) is 13.4. The number of carbonyl (C=O) groups is 1. The second-order valence-electron chi connectivity index (χ2n) is 8.42. The van der Waals surface area contributed by atoms with Crippen molar-refractivity contribution in [3.63, 3.8) is 0 Å². The molecule has 0 fully saturated rings. The Morgan fingerprint density at radius 2 is 1.79 bits per heavy atom. The molecule has 4 nitrogen and oxygen atoms in total. The summed E-state index contributed by atoms with van der Waals surface area (Å²) in [4.78, 5) is 15.1. The van der Waals surface area contributed by atoms with E-state index in [2.05, 4.69) is 44.0 Å². The molecule has 0 radical (unpaired) electrons. The van der Waals surface area contributed by atoms with Crippen LogP contribution in [0.2, 0.25) is 0 Å². The molecule has 0 aliphatic carbocycles. The Morgan fingerprint density at radius 3 is 2.46 bits per heavy atom. The highest BCUT2D eigenvalue weighted by Crippen LogP contribution is 2.33. The van der Waals surface area contributed by atoms with Crippen molar-refractivity contribution < 1.29 is 9.53 Å². The van der Waals surface area contributed by atoms with Crippen LogP contribution >= 0.6 is 0 Å². The first kappa shape index (κ1) is 21.9. The second kappa shape index (κ2) is 10.8. The summed E-state index contributed by atoms with van der Waals surface area (Å²) >= 11 is 0. The van der Waals surface area contributed by atoms with Crippen LogP contribution in [0.25, 0.3) is 0 Å². The van der Waals surface area contributed by atoms with Crippen molar-refractivity contribution in [3.8, 4) is 5.75 Å². The number of hydrogen-bond acceptors (Lipinski definition) is 3. The Bertz CT molecular complexity index is 736. The summed E-state index contributed by atoms with van der Waals surface area (Å²) in [5, 5.41) is 0. The summed E-state index contributed by atoms with van der Waals surface area (Å²) in [5.41, 5.74) is 8.66. The fourth-order valence-electron chi connectivity index (χ4n) is 3.26. The van der Waals surface area contributed by atoms with Crippen LogP contribution in [0, 0.1) is 0 Å². The number of carbonyl (C=O) groups excluding carboxylic acids is 1. The van der Waals surface area contributed by atoms with Gasteiger partial charge in [-0.15, -0.1) is 0 Å². The smallest absolute Gasteiger partial charge is 0.217 e. The second-order valence-corrected chi connectivity index (χ2v) is 8.42. The molecular weight excluding hydrogens is 348 g/mol. The van der Waals surface area contributed by atoms with E-state index in [9.17, 15) is 4.79 Å². The van der Waals surface area contributed by atoms with Crippen molar-refractivity contribution >= 4 is 5.91 Å². The molecule has 0 spiro atoms. The predicted octanol–water partition coefficient (Wildman–Crippen LogP) is 5.33. The molecule has 1 amide bonds. The van der Waals surface area contributed by atoms with E-state index in [0.29, 0.717) is 13.0 Å². The van der Waals surface area contributed by atoms with Crippen molar-refractivity contribution in [2.24, 2.45) is 5.73 Å². The maximum Gasteiger partial charge on any atom is 0.217 e. The highest BCUT2D eigenvalue weighted by molar-refractivity contribution is 5.73. The molecule has 0 saturated carbocycles. The lowest BCUT2D eigenvalue weighted by Crippen LogP contribution is -2.14. The SMILES string of the molecule is CC(C)(C)c1ccc(CCCCCCCC(N)=O)cc1OCc1ccccn1. The number of nitrogens with two attached hydrogens (primary N) is 1. The molecule has 1 heterocycles. The number of unbranched alkanes of at least 4 members (excludes halogenated alkanes) is 4. The van der Waals surface area contributed by atoms with Gasteiger partial charge in [0.2, 0.25) is 5.91 Å². The predicted molar refractivity (Wildman–Crippen MR) is 114 cm³/mol. The average molecular weight is 383 g/mol. The number of aromatic nitrogens is 1. The summed E-state index contributed by atoms with van der Waals surface area (Å²) in [5.74, 6) is 0.759. The normalized spacial score (nSPS) is 11.4. The van der Waals surface area contributed by atoms with Crippen LogP contribution in [-0.4, -0.2) is 10.9 Å². The summed E-state index contributed by atoms with van der Waals surface area (Å²) in [6.07, 6.45) is 8.78. The van der Waals surface area contributed by atoms with E-state index in [1.807, 2.05) is 18.2 Å². The van der Waals surface area contributed by atoms with Crippen LogP contribution in [-0.2, 0) is 23.2 Å². The largest absolute Gasteiger partial charge is 0.487 e. The molecule has 2 aromatic rings. The van der Waals surface area contributed by atoms with Crippen LogP contribution in [0.15, 0.2) is 42.6 Å². The highest BCUT2D eigenvalue weighted by atomic mass is 16.5. The van der Waals surface area contributed by atoms with E-state index in [-0.39, 0.29) is 11.3 Å². The van der Waals surface area contributed by atoms with E-state index in [4.69, 9.17) is 10.5 Å². The van der Waals surface area contributed by atoms with Gasteiger partial charge in [0.15, 0.2) is 0 Å². The maximum absolute atomic E-state index is 10.8. The number of benzene rings is 1. The third-order valence-corrected chi connectivity index (χ3v) is 4.84. The maximum atomic E-state index is 10.8. The van der Waals surface area contributed by atoms with E-state index in [0.717, 1.165) is 43.5 Å². The van der Waals surface area contributed by atoms with Gasteiger partial charge in [-0.25, -0.2) is 0 Å². The first-order valence-corrected chi connectivity index (χ1v) is 10.3. The third-order valence-electron chi connectivity index (χ3n) is 4.84. The summed E-state index contributed by atoms with van der Waals surface area (Å²) < 4.78 is 6.17. The number of nitrogens with zero attached hydrogens (tertiary/aromatic N) is 1. The standard InChI is InChI=1S/C24H34N2O2/c1-24(2,3)21-15-14-19(11-7-5-4-6-8-13-23(25)27)17-22(21)28-18-20-12-9-10-16-26-20/h9-10,12,14-17H,4-8,11,13,18H2,1-3H3,(H2,25,27). The van der Waals surface area contributed by atoms with Gasteiger partial charge < -0.3 is 10.5 Å². The number of pyridine rings is 1.